The zero-order valence-corrected chi connectivity index (χ0v) is 10.3. The van der Waals surface area contributed by atoms with Crippen LogP contribution in [-0.2, 0) is 4.74 Å². The Hall–Kier alpha value is -0.870. The van der Waals surface area contributed by atoms with Gasteiger partial charge in [-0.3, -0.25) is 4.79 Å². The molecule has 82 valence electrons. The van der Waals surface area contributed by atoms with Crippen LogP contribution in [-0.4, -0.2) is 26.1 Å². The molecule has 3 nitrogen and oxygen atoms in total. The first-order valence-corrected chi connectivity index (χ1v) is 5.36. The molecule has 1 aromatic rings. The molecule has 0 aromatic heterocycles. The van der Waals surface area contributed by atoms with E-state index in [0.717, 1.165) is 4.47 Å². The molecule has 0 radical (unpaired) electrons. The van der Waals surface area contributed by atoms with Gasteiger partial charge in [0, 0.05) is 11.6 Å². The summed E-state index contributed by atoms with van der Waals surface area (Å²) in [6, 6.07) is 5.37. The molecule has 0 bridgehead atoms. The van der Waals surface area contributed by atoms with E-state index in [1.54, 1.807) is 19.2 Å². The summed E-state index contributed by atoms with van der Waals surface area (Å²) in [6.45, 7) is 2.47. The van der Waals surface area contributed by atoms with E-state index in [0.29, 0.717) is 24.5 Å². The van der Waals surface area contributed by atoms with Crippen LogP contribution in [0.3, 0.4) is 0 Å². The molecule has 0 atom stereocenters. The van der Waals surface area contributed by atoms with Crippen molar-refractivity contribution in [1.29, 1.82) is 0 Å². The van der Waals surface area contributed by atoms with Crippen molar-refractivity contribution in [2.24, 2.45) is 0 Å². The van der Waals surface area contributed by atoms with Crippen molar-refractivity contribution in [2.75, 3.05) is 20.3 Å². The standard InChI is InChI=1S/C11H13BrO3/c1-8(13)10-7-9(12)3-4-11(10)15-6-5-14-2/h3-4,7H,5-6H2,1-2H3. The average Bonchev–Trinajstić information content (AvgIpc) is 2.20. The van der Waals surface area contributed by atoms with Crippen molar-refractivity contribution in [2.45, 2.75) is 6.92 Å². The molecule has 1 aromatic carbocycles. The highest BCUT2D eigenvalue weighted by atomic mass is 79.9. The minimum atomic E-state index is -0.0104. The van der Waals surface area contributed by atoms with Crippen LogP contribution in [0.5, 0.6) is 5.75 Å². The molecule has 0 heterocycles. The molecule has 15 heavy (non-hydrogen) atoms. The van der Waals surface area contributed by atoms with E-state index in [1.165, 1.54) is 6.92 Å². The largest absolute Gasteiger partial charge is 0.490 e. The first-order valence-electron chi connectivity index (χ1n) is 4.57. The van der Waals surface area contributed by atoms with Crippen molar-refractivity contribution >= 4 is 21.7 Å². The van der Waals surface area contributed by atoms with Gasteiger partial charge in [0.25, 0.3) is 0 Å². The van der Waals surface area contributed by atoms with Crippen molar-refractivity contribution in [3.05, 3.63) is 28.2 Å². The molecule has 0 saturated heterocycles. The van der Waals surface area contributed by atoms with Crippen LogP contribution in [0.15, 0.2) is 22.7 Å². The first-order chi connectivity index (χ1) is 7.15. The fourth-order valence-corrected chi connectivity index (χ4v) is 1.50. The lowest BCUT2D eigenvalue weighted by atomic mass is 10.1. The average molecular weight is 273 g/mol. The van der Waals surface area contributed by atoms with E-state index in [2.05, 4.69) is 15.9 Å². The number of rotatable bonds is 5. The molecule has 4 heteroatoms. The molecule has 0 N–H and O–H groups in total. The highest BCUT2D eigenvalue weighted by Crippen LogP contribution is 2.23. The lowest BCUT2D eigenvalue weighted by Gasteiger charge is -2.09. The Morgan fingerprint density at radius 3 is 2.73 bits per heavy atom. The third-order valence-electron chi connectivity index (χ3n) is 1.87. The zero-order chi connectivity index (χ0) is 11.3. The van der Waals surface area contributed by atoms with Crippen LogP contribution in [0.4, 0.5) is 0 Å². The van der Waals surface area contributed by atoms with Gasteiger partial charge < -0.3 is 9.47 Å². The van der Waals surface area contributed by atoms with E-state index >= 15 is 0 Å². The van der Waals surface area contributed by atoms with E-state index in [4.69, 9.17) is 9.47 Å². The number of hydrogen-bond acceptors (Lipinski definition) is 3. The number of carbonyl (C=O) groups is 1. The van der Waals surface area contributed by atoms with Crippen LogP contribution < -0.4 is 4.74 Å². The minimum Gasteiger partial charge on any atom is -0.490 e. The first kappa shape index (κ1) is 12.2. The lowest BCUT2D eigenvalue weighted by Crippen LogP contribution is -2.07. The number of hydrogen-bond donors (Lipinski definition) is 0. The smallest absolute Gasteiger partial charge is 0.163 e. The quantitative estimate of drug-likeness (QED) is 0.611. The summed E-state index contributed by atoms with van der Waals surface area (Å²) in [5.74, 6) is 0.589. The van der Waals surface area contributed by atoms with Gasteiger partial charge in [-0.05, 0) is 25.1 Å². The summed E-state index contributed by atoms with van der Waals surface area (Å²) in [6.07, 6.45) is 0. The molecule has 0 saturated carbocycles. The number of benzene rings is 1. The normalized spacial score (nSPS) is 10.1. The molecule has 0 fully saturated rings. The van der Waals surface area contributed by atoms with E-state index in [-0.39, 0.29) is 5.78 Å². The Labute approximate surface area is 97.5 Å². The third-order valence-corrected chi connectivity index (χ3v) is 2.36. The summed E-state index contributed by atoms with van der Waals surface area (Å²) in [5.41, 5.74) is 0.584. The maximum atomic E-state index is 11.3. The molecule has 0 aliphatic carbocycles. The van der Waals surface area contributed by atoms with Gasteiger partial charge in [-0.15, -0.1) is 0 Å². The Morgan fingerprint density at radius 2 is 2.13 bits per heavy atom. The predicted octanol–water partition coefficient (Wildman–Crippen LogP) is 2.68. The van der Waals surface area contributed by atoms with Gasteiger partial charge in [-0.25, -0.2) is 0 Å². The van der Waals surface area contributed by atoms with E-state index in [1.807, 2.05) is 6.07 Å². The maximum absolute atomic E-state index is 11.3. The summed E-state index contributed by atoms with van der Waals surface area (Å²) in [4.78, 5) is 11.3. The van der Waals surface area contributed by atoms with Gasteiger partial charge in [0.2, 0.25) is 0 Å². The second-order valence-corrected chi connectivity index (χ2v) is 3.95. The fourth-order valence-electron chi connectivity index (χ4n) is 1.14. The lowest BCUT2D eigenvalue weighted by molar-refractivity contribution is 0.100. The molecule has 0 unspecified atom stereocenters. The molecule has 1 rings (SSSR count). The molecule has 0 spiro atoms. The van der Waals surface area contributed by atoms with Gasteiger partial charge >= 0.3 is 0 Å². The highest BCUT2D eigenvalue weighted by molar-refractivity contribution is 9.10. The van der Waals surface area contributed by atoms with E-state index < -0.39 is 0 Å². The highest BCUT2D eigenvalue weighted by Gasteiger charge is 2.08. The van der Waals surface area contributed by atoms with Gasteiger partial charge in [-0.1, -0.05) is 15.9 Å². The molecule has 0 amide bonds. The fraction of sp³-hybridized carbons (Fsp3) is 0.364. The summed E-state index contributed by atoms with van der Waals surface area (Å²) >= 11 is 3.31. The minimum absolute atomic E-state index is 0.0104. The molecular formula is C11H13BrO3. The predicted molar refractivity (Wildman–Crippen MR) is 61.5 cm³/mol. The summed E-state index contributed by atoms with van der Waals surface area (Å²) in [5, 5.41) is 0. The van der Waals surface area contributed by atoms with Crippen LogP contribution in [0.1, 0.15) is 17.3 Å². The number of ether oxygens (including phenoxy) is 2. The van der Waals surface area contributed by atoms with Gasteiger partial charge in [0.15, 0.2) is 5.78 Å². The number of halogens is 1. The van der Waals surface area contributed by atoms with Crippen molar-refractivity contribution < 1.29 is 14.3 Å². The molecule has 0 aliphatic heterocycles. The second-order valence-electron chi connectivity index (χ2n) is 3.04. The Bertz CT molecular complexity index is 350. The monoisotopic (exact) mass is 272 g/mol. The Morgan fingerprint density at radius 1 is 1.40 bits per heavy atom. The Balaban J connectivity index is 2.81. The van der Waals surface area contributed by atoms with Gasteiger partial charge in [0.1, 0.15) is 12.4 Å². The topological polar surface area (TPSA) is 35.5 Å². The number of methoxy groups -OCH3 is 1. The second kappa shape index (κ2) is 5.88. The van der Waals surface area contributed by atoms with Crippen LogP contribution in [0.2, 0.25) is 0 Å². The van der Waals surface area contributed by atoms with Gasteiger partial charge in [-0.2, -0.15) is 0 Å². The van der Waals surface area contributed by atoms with Crippen molar-refractivity contribution in [1.82, 2.24) is 0 Å². The zero-order valence-electron chi connectivity index (χ0n) is 8.75. The summed E-state index contributed by atoms with van der Waals surface area (Å²) in [7, 11) is 1.61. The third kappa shape index (κ3) is 3.64. The number of Topliss-reactive ketones (excluding diaryl/α,β-unsaturated/α-hetero) is 1. The molecule has 0 aliphatic rings. The number of ketones is 1. The SMILES string of the molecule is COCCOc1ccc(Br)cc1C(C)=O. The van der Waals surface area contributed by atoms with Crippen molar-refractivity contribution in [3.63, 3.8) is 0 Å². The maximum Gasteiger partial charge on any atom is 0.163 e. The van der Waals surface area contributed by atoms with Crippen LogP contribution >= 0.6 is 15.9 Å². The van der Waals surface area contributed by atoms with E-state index in [9.17, 15) is 4.79 Å². The van der Waals surface area contributed by atoms with Crippen LogP contribution in [0, 0.1) is 0 Å². The molecular weight excluding hydrogens is 260 g/mol. The van der Waals surface area contributed by atoms with Crippen LogP contribution in [0.25, 0.3) is 0 Å². The van der Waals surface area contributed by atoms with Crippen molar-refractivity contribution in [3.8, 4) is 5.75 Å². The Kier molecular flexibility index (Phi) is 4.78. The number of carbonyl (C=O) groups excluding carboxylic acids is 1. The van der Waals surface area contributed by atoms with Gasteiger partial charge in [0.05, 0.1) is 12.2 Å². The summed E-state index contributed by atoms with van der Waals surface area (Å²) < 4.78 is 11.2.